The standard InChI is InChI=1S/C48H69N15O6/c1-22-25(28-49-37(55-31(64)43(4,5)6)61-38(50-28)56-32(65)44(7,8)9)23(2)27(30-53-41(59-35(68)47(16,17)18)63-42(54-30)60-36(69)48(19,20)21)24(3)26(22)29-51-39(57-33(66)45(10,11)12)62-40(52-29)58-34(67)46(13,14)15/h1-21H3,(H2,49,50,55,56,61,64,65)(H2,51,52,57,58,62,66,67)(H2,53,54,59,60,63,68,69). The second kappa shape index (κ2) is 19.2. The van der Waals surface area contributed by atoms with E-state index in [9.17, 15) is 28.8 Å². The van der Waals surface area contributed by atoms with Crippen LogP contribution in [0.25, 0.3) is 34.2 Å². The largest absolute Gasteiger partial charge is 0.294 e. The molecule has 0 bridgehead atoms. The number of carbonyl (C=O) groups excluding carboxylic acids is 6. The summed E-state index contributed by atoms with van der Waals surface area (Å²) in [5, 5.41) is 16.6. The summed E-state index contributed by atoms with van der Waals surface area (Å²) in [5.74, 6) is -3.67. The monoisotopic (exact) mass is 952 g/mol. The van der Waals surface area contributed by atoms with Gasteiger partial charge in [0.2, 0.25) is 71.1 Å². The smallest absolute Gasteiger partial charge is 0.234 e. The summed E-state index contributed by atoms with van der Waals surface area (Å²) in [4.78, 5) is 122. The van der Waals surface area contributed by atoms with Crippen LogP contribution in [0.4, 0.5) is 35.7 Å². The second-order valence-corrected chi connectivity index (χ2v) is 23.1. The van der Waals surface area contributed by atoms with Gasteiger partial charge in [0.25, 0.3) is 0 Å². The average Bonchev–Trinajstić information content (AvgIpc) is 3.15. The molecule has 3 heterocycles. The Labute approximate surface area is 404 Å². The summed E-state index contributed by atoms with van der Waals surface area (Å²) in [5.41, 5.74) is -2.99. The molecule has 4 rings (SSSR count). The molecule has 0 spiro atoms. The number of rotatable bonds is 9. The number of hydrogen-bond acceptors (Lipinski definition) is 15. The molecule has 4 aromatic rings. The highest BCUT2D eigenvalue weighted by molar-refractivity contribution is 5.98. The number of hydrogen-bond donors (Lipinski definition) is 6. The number of nitrogens with zero attached hydrogens (tertiary/aromatic N) is 9. The SMILES string of the molecule is Cc1c(-c2nc(NC(=O)C(C)(C)C)nc(NC(=O)C(C)(C)C)n2)c(C)c(-c2nc(NC(=O)C(C)(C)C)nc(NC(=O)C(C)(C)C)n2)c(C)c1-c1nc(NC(=O)C(C)(C)C)nc(NC(=O)C(C)(C)C)n1. The molecule has 0 unspecified atom stereocenters. The van der Waals surface area contributed by atoms with Crippen LogP contribution in [0.2, 0.25) is 0 Å². The number of nitrogens with one attached hydrogen (secondary N) is 6. The average molecular weight is 952 g/mol. The molecule has 0 saturated heterocycles. The summed E-state index contributed by atoms with van der Waals surface area (Å²) in [6.07, 6.45) is 0. The van der Waals surface area contributed by atoms with Gasteiger partial charge in [-0.25, -0.2) is 0 Å². The topological polar surface area (TPSA) is 291 Å². The van der Waals surface area contributed by atoms with E-state index in [1.54, 1.807) is 145 Å². The Morgan fingerprint density at radius 3 is 0.507 bits per heavy atom. The van der Waals surface area contributed by atoms with Gasteiger partial charge in [0.15, 0.2) is 17.5 Å². The Balaban J connectivity index is 2.28. The van der Waals surface area contributed by atoms with Gasteiger partial charge in [-0.1, -0.05) is 125 Å². The number of aromatic nitrogens is 9. The summed E-state index contributed by atoms with van der Waals surface area (Å²) < 4.78 is 0. The lowest BCUT2D eigenvalue weighted by atomic mass is 9.87. The normalized spacial score (nSPS) is 12.5. The molecule has 6 N–H and O–H groups in total. The van der Waals surface area contributed by atoms with Gasteiger partial charge in [-0.05, 0) is 37.5 Å². The number of anilines is 6. The Kier molecular flexibility index (Phi) is 15.2. The zero-order chi connectivity index (χ0) is 52.7. The number of amides is 6. The fourth-order valence-electron chi connectivity index (χ4n) is 5.76. The highest BCUT2D eigenvalue weighted by Gasteiger charge is 2.32. The van der Waals surface area contributed by atoms with Gasteiger partial charge in [-0.15, -0.1) is 0 Å². The van der Waals surface area contributed by atoms with Crippen LogP contribution < -0.4 is 31.9 Å². The minimum Gasteiger partial charge on any atom is -0.294 e. The highest BCUT2D eigenvalue weighted by Crippen LogP contribution is 2.42. The lowest BCUT2D eigenvalue weighted by molar-refractivity contribution is -0.123. The summed E-state index contributed by atoms with van der Waals surface area (Å²) in [6, 6.07) is 0. The first-order valence-electron chi connectivity index (χ1n) is 22.5. The van der Waals surface area contributed by atoms with E-state index in [0.717, 1.165) is 0 Å². The predicted octanol–water partition coefficient (Wildman–Crippen LogP) is 8.08. The quantitative estimate of drug-likeness (QED) is 0.0924. The second-order valence-electron chi connectivity index (χ2n) is 23.1. The molecule has 0 radical (unpaired) electrons. The summed E-state index contributed by atoms with van der Waals surface area (Å²) in [7, 11) is 0. The van der Waals surface area contributed by atoms with Crippen LogP contribution in [0.5, 0.6) is 0 Å². The molecule has 6 amide bonds. The Morgan fingerprint density at radius 1 is 0.261 bits per heavy atom. The third kappa shape index (κ3) is 13.6. The maximum Gasteiger partial charge on any atom is 0.234 e. The Morgan fingerprint density at radius 2 is 0.391 bits per heavy atom. The maximum absolute atomic E-state index is 13.4. The van der Waals surface area contributed by atoms with E-state index >= 15 is 0 Å². The van der Waals surface area contributed by atoms with Crippen molar-refractivity contribution in [2.24, 2.45) is 32.5 Å². The van der Waals surface area contributed by atoms with Gasteiger partial charge in [0.05, 0.1) is 0 Å². The zero-order valence-corrected chi connectivity index (χ0v) is 44.0. The lowest BCUT2D eigenvalue weighted by Gasteiger charge is -2.23. The van der Waals surface area contributed by atoms with Crippen LogP contribution in [0.1, 0.15) is 141 Å². The van der Waals surface area contributed by atoms with E-state index in [0.29, 0.717) is 33.4 Å². The number of benzene rings is 1. The lowest BCUT2D eigenvalue weighted by Crippen LogP contribution is -2.31. The van der Waals surface area contributed by atoms with Crippen LogP contribution in [-0.4, -0.2) is 80.3 Å². The maximum atomic E-state index is 13.4. The Hall–Kier alpha value is -6.93. The van der Waals surface area contributed by atoms with Crippen molar-refractivity contribution in [1.82, 2.24) is 44.9 Å². The predicted molar refractivity (Wildman–Crippen MR) is 266 cm³/mol. The molecule has 372 valence electrons. The van der Waals surface area contributed by atoms with Gasteiger partial charge in [0.1, 0.15) is 0 Å². The number of carbonyl (C=O) groups is 6. The fourth-order valence-corrected chi connectivity index (χ4v) is 5.76. The van der Waals surface area contributed by atoms with Gasteiger partial charge < -0.3 is 0 Å². The molecule has 1 aromatic carbocycles. The van der Waals surface area contributed by atoms with Crippen LogP contribution in [-0.2, 0) is 28.8 Å². The van der Waals surface area contributed by atoms with Gasteiger partial charge >= 0.3 is 0 Å². The van der Waals surface area contributed by atoms with Crippen molar-refractivity contribution < 1.29 is 28.8 Å². The molecule has 0 aliphatic rings. The highest BCUT2D eigenvalue weighted by atomic mass is 16.2. The van der Waals surface area contributed by atoms with Gasteiger partial charge in [-0.3, -0.25) is 60.7 Å². The van der Waals surface area contributed by atoms with E-state index in [1.165, 1.54) is 0 Å². The zero-order valence-electron chi connectivity index (χ0n) is 44.0. The third-order valence-electron chi connectivity index (χ3n) is 10.3. The fraction of sp³-hybridized carbons (Fsp3) is 0.562. The van der Waals surface area contributed by atoms with Crippen molar-refractivity contribution >= 4 is 71.1 Å². The molecule has 3 aromatic heterocycles. The van der Waals surface area contributed by atoms with E-state index in [1.807, 2.05) is 0 Å². The molecule has 21 nitrogen and oxygen atoms in total. The van der Waals surface area contributed by atoms with Crippen molar-refractivity contribution in [1.29, 1.82) is 0 Å². The van der Waals surface area contributed by atoms with Crippen molar-refractivity contribution in [2.75, 3.05) is 31.9 Å². The third-order valence-corrected chi connectivity index (χ3v) is 10.3. The molecule has 0 saturated carbocycles. The summed E-state index contributed by atoms with van der Waals surface area (Å²) in [6.45, 7) is 36.2. The van der Waals surface area contributed by atoms with Crippen molar-refractivity contribution in [3.05, 3.63) is 16.7 Å². The van der Waals surface area contributed by atoms with E-state index in [2.05, 4.69) is 46.9 Å². The molecular formula is C48H69N15O6. The molecule has 0 aliphatic heterocycles. The molecule has 21 heteroatoms. The molecule has 0 aliphatic carbocycles. The first kappa shape index (κ1) is 54.7. The van der Waals surface area contributed by atoms with E-state index in [4.69, 9.17) is 29.9 Å². The molecule has 69 heavy (non-hydrogen) atoms. The summed E-state index contributed by atoms with van der Waals surface area (Å²) >= 11 is 0. The molecule has 0 fully saturated rings. The Bertz CT molecular complexity index is 2270. The van der Waals surface area contributed by atoms with Crippen LogP contribution in [0.3, 0.4) is 0 Å². The van der Waals surface area contributed by atoms with Crippen LogP contribution >= 0.6 is 0 Å². The van der Waals surface area contributed by atoms with Gasteiger partial charge in [-0.2, -0.15) is 44.9 Å². The minimum absolute atomic E-state index is 0.0240. The molecule has 0 atom stereocenters. The first-order valence-corrected chi connectivity index (χ1v) is 22.5. The van der Waals surface area contributed by atoms with Crippen molar-refractivity contribution in [3.63, 3.8) is 0 Å². The first-order chi connectivity index (χ1) is 31.2. The van der Waals surface area contributed by atoms with E-state index in [-0.39, 0.29) is 53.2 Å². The molecular weight excluding hydrogens is 883 g/mol. The van der Waals surface area contributed by atoms with E-state index < -0.39 is 67.9 Å². The van der Waals surface area contributed by atoms with Crippen molar-refractivity contribution in [2.45, 2.75) is 145 Å². The van der Waals surface area contributed by atoms with Gasteiger partial charge in [0, 0.05) is 49.2 Å². The van der Waals surface area contributed by atoms with Crippen LogP contribution in [0, 0.1) is 53.3 Å². The van der Waals surface area contributed by atoms with Crippen molar-refractivity contribution in [3.8, 4) is 34.2 Å². The minimum atomic E-state index is -0.879. The van der Waals surface area contributed by atoms with Crippen LogP contribution in [0.15, 0.2) is 0 Å².